The molecule has 7 heteroatoms. The summed E-state index contributed by atoms with van der Waals surface area (Å²) in [5.74, 6) is 0. The summed E-state index contributed by atoms with van der Waals surface area (Å²) in [6.07, 6.45) is 2.24. The predicted octanol–water partition coefficient (Wildman–Crippen LogP) is 2.03. The lowest BCUT2D eigenvalue weighted by atomic mass is 10.2. The van der Waals surface area contributed by atoms with Crippen LogP contribution in [0.2, 0.25) is 0 Å². The van der Waals surface area contributed by atoms with Crippen molar-refractivity contribution in [3.05, 3.63) is 28.3 Å². The molecule has 0 radical (unpaired) electrons. The number of nitro groups is 1. The molecule has 21 heavy (non-hydrogen) atoms. The highest BCUT2D eigenvalue weighted by molar-refractivity contribution is 5.85. The Bertz CT molecular complexity index is 500. The van der Waals surface area contributed by atoms with E-state index in [0.29, 0.717) is 0 Å². The van der Waals surface area contributed by atoms with E-state index in [1.807, 2.05) is 12.1 Å². The van der Waals surface area contributed by atoms with E-state index in [1.165, 1.54) is 0 Å². The molecule has 1 aromatic rings. The second-order valence-electron chi connectivity index (χ2n) is 5.36. The van der Waals surface area contributed by atoms with Gasteiger partial charge in [0, 0.05) is 51.0 Å². The average Bonchev–Trinajstić information content (AvgIpc) is 3.01. The molecule has 2 heterocycles. The van der Waals surface area contributed by atoms with Crippen molar-refractivity contribution in [1.82, 2.24) is 5.32 Å². The fourth-order valence-electron chi connectivity index (χ4n) is 3.00. The van der Waals surface area contributed by atoms with E-state index in [0.717, 1.165) is 63.5 Å². The van der Waals surface area contributed by atoms with Gasteiger partial charge >= 0.3 is 0 Å². The van der Waals surface area contributed by atoms with Gasteiger partial charge in [0.25, 0.3) is 5.69 Å². The lowest BCUT2D eigenvalue weighted by molar-refractivity contribution is -0.384. The molecule has 2 saturated heterocycles. The van der Waals surface area contributed by atoms with E-state index in [9.17, 15) is 10.1 Å². The fourth-order valence-corrected chi connectivity index (χ4v) is 3.00. The minimum atomic E-state index is -0.269. The molecule has 0 amide bonds. The predicted molar refractivity (Wildman–Crippen MR) is 86.9 cm³/mol. The van der Waals surface area contributed by atoms with Gasteiger partial charge in [-0.05, 0) is 25.0 Å². The molecule has 6 nitrogen and oxygen atoms in total. The van der Waals surface area contributed by atoms with Crippen LogP contribution < -0.4 is 15.1 Å². The molecule has 2 aliphatic heterocycles. The number of nitrogens with zero attached hydrogens (tertiary/aromatic N) is 3. The normalized spacial score (nSPS) is 18.5. The summed E-state index contributed by atoms with van der Waals surface area (Å²) in [5.41, 5.74) is 2.10. The van der Waals surface area contributed by atoms with Crippen molar-refractivity contribution in [2.45, 2.75) is 12.8 Å². The van der Waals surface area contributed by atoms with Gasteiger partial charge in [-0.15, -0.1) is 12.4 Å². The molecular formula is C14H21ClN4O2. The van der Waals surface area contributed by atoms with Crippen LogP contribution in [0.1, 0.15) is 12.8 Å². The summed E-state index contributed by atoms with van der Waals surface area (Å²) in [4.78, 5) is 15.4. The molecule has 1 N–H and O–H groups in total. The van der Waals surface area contributed by atoms with E-state index < -0.39 is 0 Å². The molecule has 116 valence electrons. The highest BCUT2D eigenvalue weighted by Gasteiger charge is 2.23. The highest BCUT2D eigenvalue weighted by Crippen LogP contribution is 2.34. The number of piperazine rings is 1. The van der Waals surface area contributed by atoms with Gasteiger partial charge in [-0.2, -0.15) is 0 Å². The maximum Gasteiger partial charge on any atom is 0.292 e. The van der Waals surface area contributed by atoms with E-state index >= 15 is 0 Å². The smallest absolute Gasteiger partial charge is 0.292 e. The summed E-state index contributed by atoms with van der Waals surface area (Å²) in [6.45, 7) is 5.69. The Morgan fingerprint density at radius 2 is 1.71 bits per heavy atom. The fraction of sp³-hybridized carbons (Fsp3) is 0.571. The Morgan fingerprint density at radius 1 is 1.05 bits per heavy atom. The van der Waals surface area contributed by atoms with E-state index in [4.69, 9.17) is 0 Å². The summed E-state index contributed by atoms with van der Waals surface area (Å²) in [6, 6.07) is 5.53. The minimum Gasteiger partial charge on any atom is -0.369 e. The van der Waals surface area contributed by atoms with Crippen molar-refractivity contribution >= 4 is 29.5 Å². The van der Waals surface area contributed by atoms with Crippen LogP contribution in [0.5, 0.6) is 0 Å². The van der Waals surface area contributed by atoms with E-state index in [2.05, 4.69) is 15.1 Å². The van der Waals surface area contributed by atoms with Gasteiger partial charge in [0.05, 0.1) is 4.92 Å². The maximum absolute atomic E-state index is 11.2. The molecule has 3 rings (SSSR count). The van der Waals surface area contributed by atoms with Gasteiger partial charge < -0.3 is 15.1 Å². The van der Waals surface area contributed by atoms with Crippen molar-refractivity contribution in [3.63, 3.8) is 0 Å². The van der Waals surface area contributed by atoms with Crippen LogP contribution >= 0.6 is 12.4 Å². The number of benzene rings is 1. The monoisotopic (exact) mass is 312 g/mol. The molecule has 1 aromatic carbocycles. The van der Waals surface area contributed by atoms with Crippen LogP contribution in [0.15, 0.2) is 18.2 Å². The number of rotatable bonds is 3. The second kappa shape index (κ2) is 6.95. The third-order valence-electron chi connectivity index (χ3n) is 4.08. The van der Waals surface area contributed by atoms with Gasteiger partial charge in [-0.25, -0.2) is 0 Å². The first-order valence-electron chi connectivity index (χ1n) is 7.25. The Labute approximate surface area is 130 Å². The lowest BCUT2D eigenvalue weighted by Gasteiger charge is -2.30. The van der Waals surface area contributed by atoms with Gasteiger partial charge in [0.15, 0.2) is 0 Å². The van der Waals surface area contributed by atoms with Crippen molar-refractivity contribution in [1.29, 1.82) is 0 Å². The first-order chi connectivity index (χ1) is 9.75. The molecule has 2 fully saturated rings. The highest BCUT2D eigenvalue weighted by atomic mass is 35.5. The van der Waals surface area contributed by atoms with Gasteiger partial charge in [0.2, 0.25) is 0 Å². The van der Waals surface area contributed by atoms with E-state index in [-0.39, 0.29) is 23.0 Å². The maximum atomic E-state index is 11.2. The molecule has 0 aliphatic carbocycles. The number of nitrogens with one attached hydrogen (secondary N) is 1. The van der Waals surface area contributed by atoms with Crippen LogP contribution in [0.25, 0.3) is 0 Å². The first kappa shape index (κ1) is 15.9. The summed E-state index contributed by atoms with van der Waals surface area (Å²) in [7, 11) is 0. The third-order valence-corrected chi connectivity index (χ3v) is 4.08. The molecule has 0 aromatic heterocycles. The molecule has 0 bridgehead atoms. The van der Waals surface area contributed by atoms with Crippen molar-refractivity contribution < 1.29 is 4.92 Å². The standard InChI is InChI=1S/C14H20N4O2.ClH/c19-18(20)13-4-3-12(16-9-5-15-6-10-16)11-14(13)17-7-1-2-8-17;/h3-4,11,15H,1-2,5-10H2;1H. The number of halogens is 1. The summed E-state index contributed by atoms with van der Waals surface area (Å²) < 4.78 is 0. The Balaban J connectivity index is 0.00000161. The number of hydrogen-bond acceptors (Lipinski definition) is 5. The zero-order chi connectivity index (χ0) is 13.9. The van der Waals surface area contributed by atoms with Crippen molar-refractivity contribution in [2.75, 3.05) is 49.1 Å². The molecular weight excluding hydrogens is 292 g/mol. The van der Waals surface area contributed by atoms with Crippen LogP contribution in [-0.2, 0) is 0 Å². The van der Waals surface area contributed by atoms with Crippen LogP contribution in [0.3, 0.4) is 0 Å². The van der Waals surface area contributed by atoms with Crippen molar-refractivity contribution in [2.24, 2.45) is 0 Å². The summed E-state index contributed by atoms with van der Waals surface area (Å²) >= 11 is 0. The second-order valence-corrected chi connectivity index (χ2v) is 5.36. The largest absolute Gasteiger partial charge is 0.369 e. The van der Waals surface area contributed by atoms with Gasteiger partial charge in [0.1, 0.15) is 5.69 Å². The quantitative estimate of drug-likeness (QED) is 0.683. The van der Waals surface area contributed by atoms with Crippen LogP contribution in [-0.4, -0.2) is 44.2 Å². The molecule has 0 atom stereocenters. The van der Waals surface area contributed by atoms with Crippen LogP contribution in [0, 0.1) is 10.1 Å². The third kappa shape index (κ3) is 3.39. The van der Waals surface area contributed by atoms with Gasteiger partial charge in [-0.3, -0.25) is 10.1 Å². The summed E-state index contributed by atoms with van der Waals surface area (Å²) in [5, 5.41) is 14.5. The Kier molecular flexibility index (Phi) is 5.25. The molecule has 0 unspecified atom stereocenters. The molecule has 2 aliphatic rings. The Morgan fingerprint density at radius 3 is 2.33 bits per heavy atom. The molecule has 0 spiro atoms. The zero-order valence-corrected chi connectivity index (χ0v) is 12.8. The molecule has 0 saturated carbocycles. The SMILES string of the molecule is Cl.O=[N+]([O-])c1ccc(N2CCNCC2)cc1N1CCCC1. The van der Waals surface area contributed by atoms with Gasteiger partial charge in [-0.1, -0.05) is 0 Å². The average molecular weight is 313 g/mol. The zero-order valence-electron chi connectivity index (χ0n) is 12.0. The van der Waals surface area contributed by atoms with Crippen LogP contribution in [0.4, 0.5) is 17.1 Å². The number of nitro benzene ring substituents is 1. The lowest BCUT2D eigenvalue weighted by Crippen LogP contribution is -2.43. The number of hydrogen-bond donors (Lipinski definition) is 1. The minimum absolute atomic E-state index is 0. The number of anilines is 2. The van der Waals surface area contributed by atoms with E-state index in [1.54, 1.807) is 6.07 Å². The topological polar surface area (TPSA) is 61.7 Å². The Hall–Kier alpha value is -1.53. The van der Waals surface area contributed by atoms with Crippen molar-refractivity contribution in [3.8, 4) is 0 Å². The first-order valence-corrected chi connectivity index (χ1v) is 7.25.